The summed E-state index contributed by atoms with van der Waals surface area (Å²) in [7, 11) is 0. The second kappa shape index (κ2) is 17.6. The number of benzene rings is 2. The molecule has 1 fully saturated rings. The number of aromatic nitrogens is 2. The third-order valence-corrected chi connectivity index (χ3v) is 6.79. The van der Waals surface area contributed by atoms with E-state index in [9.17, 15) is 41.0 Å². The second-order valence-electron chi connectivity index (χ2n) is 10.7. The van der Waals surface area contributed by atoms with Crippen molar-refractivity contribution in [3.63, 3.8) is 0 Å². The number of nitrogens with zero attached hydrogens (tertiary/aromatic N) is 3. The Hall–Kier alpha value is -5.69. The van der Waals surface area contributed by atoms with Crippen molar-refractivity contribution in [3.8, 4) is 0 Å². The van der Waals surface area contributed by atoms with Crippen LogP contribution in [0.25, 0.3) is 10.9 Å². The monoisotopic (exact) mass is 717 g/mol. The summed E-state index contributed by atoms with van der Waals surface area (Å²) in [5.41, 5.74) is 13.7. The average Bonchev–Trinajstić information content (AvgIpc) is 3.01. The fourth-order valence-corrected chi connectivity index (χ4v) is 4.53. The number of nitrogens with two attached hydrogens (primary N) is 2. The van der Waals surface area contributed by atoms with Gasteiger partial charge in [-0.05, 0) is 37.5 Å². The molecule has 4 rings (SSSR count). The Morgan fingerprint density at radius 2 is 1.46 bits per heavy atom. The van der Waals surface area contributed by atoms with E-state index in [1.54, 1.807) is 0 Å². The number of halogens is 6. The van der Waals surface area contributed by atoms with Crippen molar-refractivity contribution in [1.29, 1.82) is 0 Å². The van der Waals surface area contributed by atoms with Crippen molar-refractivity contribution in [2.75, 3.05) is 5.32 Å². The molecule has 14 nitrogen and oxygen atoms in total. The zero-order valence-electron chi connectivity index (χ0n) is 26.1. The lowest BCUT2D eigenvalue weighted by Gasteiger charge is -2.30. The predicted molar refractivity (Wildman–Crippen MR) is 166 cm³/mol. The van der Waals surface area contributed by atoms with Gasteiger partial charge in [-0.15, -0.1) is 0 Å². The highest BCUT2D eigenvalue weighted by atomic mass is 19.4. The number of amides is 1. The molecule has 272 valence electrons. The van der Waals surface area contributed by atoms with Gasteiger partial charge in [-0.2, -0.15) is 26.3 Å². The molecule has 3 aromatic rings. The van der Waals surface area contributed by atoms with Crippen LogP contribution in [0.15, 0.2) is 53.5 Å². The fraction of sp³-hybridized carbons (Fsp3) is 0.367. The van der Waals surface area contributed by atoms with Crippen LogP contribution in [0, 0.1) is 6.92 Å². The highest BCUT2D eigenvalue weighted by Gasteiger charge is 2.39. The number of aliphatic imine (C=N–C) groups is 1. The third kappa shape index (κ3) is 13.1. The molecule has 0 radical (unpaired) electrons. The molecule has 1 saturated carbocycles. The van der Waals surface area contributed by atoms with Crippen LogP contribution < -0.4 is 22.1 Å². The van der Waals surface area contributed by atoms with Crippen LogP contribution >= 0.6 is 0 Å². The minimum absolute atomic E-state index is 0.0373. The molecule has 0 spiro atoms. The second-order valence-corrected chi connectivity index (χ2v) is 10.7. The SMILES string of the molecule is Cc1ccc2nc(C(=O)N[C@@H](Cc3ccccc3)C(=O)O)nc(NC3CCCCC3N=C(N)N)c2c1.O=C(O)C(F)(F)F.O=C(O)C(F)(F)F. The molecule has 1 amide bonds. The lowest BCUT2D eigenvalue weighted by atomic mass is 9.90. The topological polar surface area (TPSA) is 243 Å². The Labute approximate surface area is 279 Å². The number of aliphatic carboxylic acids is 3. The number of nitrogens with one attached hydrogen (secondary N) is 2. The first-order valence-corrected chi connectivity index (χ1v) is 14.5. The van der Waals surface area contributed by atoms with Crippen molar-refractivity contribution < 1.29 is 60.8 Å². The Morgan fingerprint density at radius 1 is 0.900 bits per heavy atom. The molecule has 9 N–H and O–H groups in total. The number of carboxylic acid groups (broad SMARTS) is 3. The summed E-state index contributed by atoms with van der Waals surface area (Å²) in [6, 6.07) is 13.5. The number of carbonyl (C=O) groups is 4. The van der Waals surface area contributed by atoms with Gasteiger partial charge in [0.25, 0.3) is 5.91 Å². The maximum atomic E-state index is 13.1. The van der Waals surface area contributed by atoms with Gasteiger partial charge in [0.15, 0.2) is 5.96 Å². The normalized spacial score (nSPS) is 16.3. The van der Waals surface area contributed by atoms with Crippen molar-refractivity contribution in [3.05, 3.63) is 65.5 Å². The van der Waals surface area contributed by atoms with Crippen molar-refractivity contribution in [2.45, 2.75) is 69.5 Å². The number of hydrogen-bond donors (Lipinski definition) is 7. The minimum atomic E-state index is -5.08. The number of anilines is 1. The molecule has 1 aromatic heterocycles. The molecule has 1 heterocycles. The van der Waals surface area contributed by atoms with Crippen LogP contribution in [0.2, 0.25) is 0 Å². The summed E-state index contributed by atoms with van der Waals surface area (Å²) in [5, 5.41) is 30.7. The summed E-state index contributed by atoms with van der Waals surface area (Å²) in [6.07, 6.45) is -6.30. The van der Waals surface area contributed by atoms with Crippen LogP contribution in [0.4, 0.5) is 32.2 Å². The maximum Gasteiger partial charge on any atom is 0.490 e. The lowest BCUT2D eigenvalue weighted by Crippen LogP contribution is -2.43. The van der Waals surface area contributed by atoms with Gasteiger partial charge in [0, 0.05) is 11.8 Å². The first-order valence-electron chi connectivity index (χ1n) is 14.5. The van der Waals surface area contributed by atoms with Gasteiger partial charge in [0.1, 0.15) is 11.9 Å². The summed E-state index contributed by atoms with van der Waals surface area (Å²) in [6.45, 7) is 1.97. The van der Waals surface area contributed by atoms with Gasteiger partial charge in [-0.3, -0.25) is 4.79 Å². The molecular formula is C30H33F6N7O7. The van der Waals surface area contributed by atoms with E-state index in [4.69, 9.17) is 31.3 Å². The van der Waals surface area contributed by atoms with E-state index in [0.29, 0.717) is 11.3 Å². The molecular weight excluding hydrogens is 684 g/mol. The summed E-state index contributed by atoms with van der Waals surface area (Å²) >= 11 is 0. The van der Waals surface area contributed by atoms with Crippen molar-refractivity contribution in [1.82, 2.24) is 15.3 Å². The van der Waals surface area contributed by atoms with Gasteiger partial charge >= 0.3 is 30.3 Å². The number of guanidine groups is 1. The number of carbonyl (C=O) groups excluding carboxylic acids is 1. The van der Waals surface area contributed by atoms with Crippen molar-refractivity contribution >= 4 is 46.5 Å². The minimum Gasteiger partial charge on any atom is -0.480 e. The van der Waals surface area contributed by atoms with E-state index in [2.05, 4.69) is 25.6 Å². The Kier molecular flexibility index (Phi) is 14.3. The molecule has 2 aromatic carbocycles. The number of fused-ring (bicyclic) bond motifs is 1. The largest absolute Gasteiger partial charge is 0.490 e. The lowest BCUT2D eigenvalue weighted by molar-refractivity contribution is -0.193. The zero-order chi connectivity index (χ0) is 37.8. The Morgan fingerprint density at radius 3 is 1.98 bits per heavy atom. The number of alkyl halides is 6. The molecule has 50 heavy (non-hydrogen) atoms. The standard InChI is InChI=1S/C26H31N7O3.2C2HF3O2/c1-15-11-12-18-17(13-15)22(30-19-9-5-6-10-20(19)32-26(27)28)33-23(29-18)24(34)31-21(25(35)36)14-16-7-3-2-4-8-16;2*3-2(4,5)1(6)7/h2-4,7-8,11-13,19-21H,5-6,9-10,14H2,1H3,(H,31,34)(H,35,36)(H4,27,28,32)(H,29,30,33);2*(H,6,7)/t19?,20?,21-;;/m0../s1. The molecule has 2 unspecified atom stereocenters. The highest BCUT2D eigenvalue weighted by molar-refractivity contribution is 5.98. The van der Waals surface area contributed by atoms with Gasteiger partial charge in [0.05, 0.1) is 17.6 Å². The maximum absolute atomic E-state index is 13.1. The van der Waals surface area contributed by atoms with Crippen molar-refractivity contribution in [2.24, 2.45) is 16.5 Å². The van der Waals surface area contributed by atoms with Gasteiger partial charge < -0.3 is 37.4 Å². The van der Waals surface area contributed by atoms with Gasteiger partial charge in [-0.25, -0.2) is 29.3 Å². The first kappa shape index (κ1) is 40.5. The molecule has 20 heteroatoms. The van der Waals surface area contributed by atoms with Crippen LogP contribution in [-0.4, -0.2) is 85.5 Å². The van der Waals surface area contributed by atoms with Crippen LogP contribution in [-0.2, 0) is 20.8 Å². The Bertz CT molecular complexity index is 1660. The van der Waals surface area contributed by atoms with Crippen LogP contribution in [0.1, 0.15) is 47.4 Å². The van der Waals surface area contributed by atoms with E-state index >= 15 is 0 Å². The molecule has 0 bridgehead atoms. The third-order valence-electron chi connectivity index (χ3n) is 6.79. The smallest absolute Gasteiger partial charge is 0.480 e. The van der Waals surface area contributed by atoms with Crippen LogP contribution in [0.3, 0.4) is 0 Å². The van der Waals surface area contributed by atoms with E-state index in [-0.39, 0.29) is 30.3 Å². The van der Waals surface area contributed by atoms with Gasteiger partial charge in [-0.1, -0.05) is 54.8 Å². The molecule has 3 atom stereocenters. The number of aryl methyl sites for hydroxylation is 1. The average molecular weight is 718 g/mol. The fourth-order valence-electron chi connectivity index (χ4n) is 4.53. The van der Waals surface area contributed by atoms with E-state index in [0.717, 1.165) is 42.2 Å². The number of hydrogen-bond acceptors (Lipinski definition) is 8. The predicted octanol–water partition coefficient (Wildman–Crippen LogP) is 3.63. The molecule has 1 aliphatic carbocycles. The molecule has 0 aliphatic heterocycles. The highest BCUT2D eigenvalue weighted by Crippen LogP contribution is 2.28. The molecule has 0 saturated heterocycles. The summed E-state index contributed by atoms with van der Waals surface area (Å²) < 4.78 is 63.5. The van der Waals surface area contributed by atoms with E-state index in [1.807, 2.05) is 55.5 Å². The molecule has 1 aliphatic rings. The Balaban J connectivity index is 0.000000521. The first-order chi connectivity index (χ1) is 23.2. The van der Waals surface area contributed by atoms with E-state index in [1.165, 1.54) is 0 Å². The van der Waals surface area contributed by atoms with Crippen LogP contribution in [0.5, 0.6) is 0 Å². The number of carboxylic acids is 3. The summed E-state index contributed by atoms with van der Waals surface area (Å²) in [5.74, 6) is -6.89. The van der Waals surface area contributed by atoms with Gasteiger partial charge in [0.2, 0.25) is 5.82 Å². The summed E-state index contributed by atoms with van der Waals surface area (Å²) in [4.78, 5) is 56.2. The quantitative estimate of drug-likeness (QED) is 0.100. The van der Waals surface area contributed by atoms with E-state index < -0.39 is 42.2 Å². The zero-order valence-corrected chi connectivity index (χ0v) is 26.1. The number of rotatable bonds is 8.